The molecule has 0 bridgehead atoms. The summed E-state index contributed by atoms with van der Waals surface area (Å²) >= 11 is 1.03. The van der Waals surface area contributed by atoms with E-state index in [0.29, 0.717) is 33.3 Å². The van der Waals surface area contributed by atoms with Gasteiger partial charge in [0, 0.05) is 18.1 Å². The quantitative estimate of drug-likeness (QED) is 0.522. The number of aliphatic hydroxyl groups is 2. The van der Waals surface area contributed by atoms with Gasteiger partial charge in [0.2, 0.25) is 11.7 Å². The predicted octanol–water partition coefficient (Wildman–Crippen LogP) is 1.46. The number of thiazole rings is 1. The van der Waals surface area contributed by atoms with Crippen LogP contribution in [0.2, 0.25) is 0 Å². The number of primary amides is 1. The van der Waals surface area contributed by atoms with Crippen molar-refractivity contribution in [2.24, 2.45) is 5.73 Å². The molecule has 3 aromatic rings. The summed E-state index contributed by atoms with van der Waals surface area (Å²) < 4.78 is 10.6. The van der Waals surface area contributed by atoms with Crippen LogP contribution in [0.15, 0.2) is 22.7 Å². The Balaban J connectivity index is 1.78. The van der Waals surface area contributed by atoms with Crippen molar-refractivity contribution in [2.75, 3.05) is 6.61 Å². The van der Waals surface area contributed by atoms with Gasteiger partial charge in [-0.15, -0.1) is 11.3 Å². The lowest BCUT2D eigenvalue weighted by atomic mass is 10.00. The largest absolute Gasteiger partial charge is 0.489 e. The van der Waals surface area contributed by atoms with Gasteiger partial charge in [0.05, 0.1) is 10.6 Å². The second kappa shape index (κ2) is 6.91. The lowest BCUT2D eigenvalue weighted by Gasteiger charge is -2.19. The fraction of sp³-hybridized carbons (Fsp3) is 0.300. The molecule has 0 saturated heterocycles. The fourth-order valence-corrected chi connectivity index (χ4v) is 3.88. The third-order valence-electron chi connectivity index (χ3n) is 4.48. The molecule has 4 rings (SSSR count). The highest BCUT2D eigenvalue weighted by atomic mass is 32.1. The number of carbonyl (C=O) groups excluding carboxylic acids is 1. The Kier molecular flexibility index (Phi) is 4.62. The van der Waals surface area contributed by atoms with Gasteiger partial charge in [-0.2, -0.15) is 4.98 Å². The minimum atomic E-state index is -1.62. The smallest absolute Gasteiger partial charge is 0.277 e. The fourth-order valence-electron chi connectivity index (χ4n) is 2.92. The number of hydrogen-bond acceptors (Lipinski definition) is 9. The molecule has 1 amide bonds. The molecular weight excluding hydrogens is 408 g/mol. The number of hydrogen-bond donors (Lipinski definition) is 3. The van der Waals surface area contributed by atoms with Gasteiger partial charge in [0.15, 0.2) is 10.6 Å². The Morgan fingerprint density at radius 1 is 1.40 bits per heavy atom. The Labute approximate surface area is 175 Å². The van der Waals surface area contributed by atoms with Crippen molar-refractivity contribution in [1.82, 2.24) is 15.1 Å². The highest BCUT2D eigenvalue weighted by Gasteiger charge is 2.36. The highest BCUT2D eigenvalue weighted by molar-refractivity contribution is 7.14. The zero-order valence-corrected chi connectivity index (χ0v) is 17.2. The van der Waals surface area contributed by atoms with E-state index >= 15 is 0 Å². The summed E-state index contributed by atoms with van der Waals surface area (Å²) in [6.07, 6.45) is 0. The lowest BCUT2D eigenvalue weighted by molar-refractivity contribution is 0.0132. The second-order valence-electron chi connectivity index (χ2n) is 7.29. The number of nitrogens with zero attached hydrogens (tertiary/aromatic N) is 3. The number of carbonyl (C=O) groups is 1. The molecule has 2 aromatic heterocycles. The average molecular weight is 426 g/mol. The Hall–Kier alpha value is -3.26. The van der Waals surface area contributed by atoms with E-state index in [2.05, 4.69) is 27.0 Å². The first-order valence-corrected chi connectivity index (χ1v) is 9.75. The molecule has 4 N–H and O–H groups in total. The number of rotatable bonds is 2. The SMILES string of the molecule is Cc1nc([C@](C)(O)C#Cc2ccc3c(c2)-c2nc(C(N)=O)sc2C(C)(O)CO3)no1. The summed E-state index contributed by atoms with van der Waals surface area (Å²) in [6.45, 7) is 4.66. The van der Waals surface area contributed by atoms with E-state index in [0.717, 1.165) is 11.3 Å². The summed E-state index contributed by atoms with van der Waals surface area (Å²) in [4.78, 5) is 20.4. The van der Waals surface area contributed by atoms with Crippen LogP contribution in [0.4, 0.5) is 0 Å². The molecular formula is C20H18N4O5S. The number of amides is 1. The third-order valence-corrected chi connectivity index (χ3v) is 5.81. The summed E-state index contributed by atoms with van der Waals surface area (Å²) in [5.41, 5.74) is 3.96. The lowest BCUT2D eigenvalue weighted by Crippen LogP contribution is -2.27. The molecule has 1 aliphatic heterocycles. The maximum absolute atomic E-state index is 11.6. The molecule has 1 aliphatic rings. The molecule has 10 heteroatoms. The van der Waals surface area contributed by atoms with E-state index < -0.39 is 17.1 Å². The first kappa shape index (κ1) is 20.0. The summed E-state index contributed by atoms with van der Waals surface area (Å²) in [5.74, 6) is 5.82. The van der Waals surface area contributed by atoms with Gasteiger partial charge in [-0.25, -0.2) is 4.98 Å². The number of ether oxygens (including phenoxy) is 1. The van der Waals surface area contributed by atoms with Gasteiger partial charge in [-0.05, 0) is 32.0 Å². The Morgan fingerprint density at radius 3 is 2.83 bits per heavy atom. The van der Waals surface area contributed by atoms with E-state index in [1.54, 1.807) is 32.0 Å². The molecule has 0 saturated carbocycles. The van der Waals surface area contributed by atoms with Gasteiger partial charge >= 0.3 is 0 Å². The van der Waals surface area contributed by atoms with Crippen molar-refractivity contribution in [3.63, 3.8) is 0 Å². The zero-order valence-electron chi connectivity index (χ0n) is 16.4. The molecule has 30 heavy (non-hydrogen) atoms. The Bertz CT molecular complexity index is 1220. The molecule has 0 aliphatic carbocycles. The van der Waals surface area contributed by atoms with Crippen LogP contribution in [0.5, 0.6) is 5.75 Å². The number of fused-ring (bicyclic) bond motifs is 3. The van der Waals surface area contributed by atoms with Crippen LogP contribution in [0.25, 0.3) is 11.3 Å². The van der Waals surface area contributed by atoms with Crippen molar-refractivity contribution in [3.05, 3.63) is 45.4 Å². The van der Waals surface area contributed by atoms with E-state index in [1.807, 2.05) is 0 Å². The molecule has 1 unspecified atom stereocenters. The number of nitrogens with two attached hydrogens (primary N) is 1. The van der Waals surface area contributed by atoms with Gasteiger partial charge in [0.25, 0.3) is 5.91 Å². The third kappa shape index (κ3) is 3.54. The Morgan fingerprint density at radius 2 is 2.17 bits per heavy atom. The number of benzene rings is 1. The van der Waals surface area contributed by atoms with E-state index in [-0.39, 0.29) is 17.4 Å². The van der Waals surface area contributed by atoms with Gasteiger partial charge in [0.1, 0.15) is 18.0 Å². The molecule has 3 heterocycles. The minimum Gasteiger partial charge on any atom is -0.489 e. The maximum atomic E-state index is 11.6. The van der Waals surface area contributed by atoms with Gasteiger partial charge in [-0.3, -0.25) is 4.79 Å². The first-order chi connectivity index (χ1) is 14.1. The van der Waals surface area contributed by atoms with E-state index in [1.165, 1.54) is 6.92 Å². The number of aromatic nitrogens is 3. The van der Waals surface area contributed by atoms with Crippen molar-refractivity contribution in [3.8, 4) is 28.8 Å². The summed E-state index contributed by atoms with van der Waals surface area (Å²) in [7, 11) is 0. The van der Waals surface area contributed by atoms with Crippen molar-refractivity contribution in [2.45, 2.75) is 32.0 Å². The molecule has 0 spiro atoms. The normalized spacial score (nSPS) is 19.4. The first-order valence-electron chi connectivity index (χ1n) is 8.94. The van der Waals surface area contributed by atoms with Crippen LogP contribution < -0.4 is 10.5 Å². The molecule has 0 radical (unpaired) electrons. The van der Waals surface area contributed by atoms with Gasteiger partial charge in [-0.1, -0.05) is 17.0 Å². The molecule has 0 fully saturated rings. The van der Waals surface area contributed by atoms with Crippen LogP contribution in [-0.2, 0) is 11.2 Å². The molecule has 1 aromatic carbocycles. The summed E-state index contributed by atoms with van der Waals surface area (Å²) in [5, 5.41) is 25.2. The van der Waals surface area contributed by atoms with Crippen molar-refractivity contribution >= 4 is 17.2 Å². The summed E-state index contributed by atoms with van der Waals surface area (Å²) in [6, 6.07) is 5.12. The van der Waals surface area contributed by atoms with E-state index in [9.17, 15) is 15.0 Å². The van der Waals surface area contributed by atoms with Crippen LogP contribution in [0, 0.1) is 18.8 Å². The molecule has 2 atom stereocenters. The highest BCUT2D eigenvalue weighted by Crippen LogP contribution is 2.43. The minimum absolute atomic E-state index is 0.00961. The standard InChI is InChI=1S/C20H18N4O5S/c1-10-22-18(24-29-10)19(2,26)7-6-11-4-5-13-12(8-11)14-15(20(3,27)9-28-13)30-17(23-14)16(21)25/h4-5,8,26-27H,9H2,1-3H3,(H2,21,25)/t19-,20?/m1/s1. The zero-order chi connectivity index (χ0) is 21.7. The number of aryl methyl sites for hydroxylation is 1. The van der Waals surface area contributed by atoms with E-state index in [4.69, 9.17) is 15.0 Å². The predicted molar refractivity (Wildman–Crippen MR) is 107 cm³/mol. The van der Waals surface area contributed by atoms with Crippen LogP contribution in [0.1, 0.15) is 45.8 Å². The second-order valence-corrected chi connectivity index (χ2v) is 8.29. The monoisotopic (exact) mass is 426 g/mol. The maximum Gasteiger partial charge on any atom is 0.277 e. The van der Waals surface area contributed by atoms with Crippen LogP contribution in [-0.4, -0.2) is 37.9 Å². The van der Waals surface area contributed by atoms with Crippen molar-refractivity contribution in [1.29, 1.82) is 0 Å². The average Bonchev–Trinajstić information content (AvgIpc) is 3.30. The molecule has 154 valence electrons. The van der Waals surface area contributed by atoms with Crippen molar-refractivity contribution < 1.29 is 24.3 Å². The van der Waals surface area contributed by atoms with Crippen LogP contribution >= 0.6 is 11.3 Å². The molecule has 9 nitrogen and oxygen atoms in total. The van der Waals surface area contributed by atoms with Gasteiger partial charge < -0.3 is 25.2 Å². The topological polar surface area (TPSA) is 145 Å². The van der Waals surface area contributed by atoms with Crippen LogP contribution in [0.3, 0.4) is 0 Å².